The summed E-state index contributed by atoms with van der Waals surface area (Å²) >= 11 is 12.1. The molecule has 5 rings (SSSR count). The van der Waals surface area contributed by atoms with Crippen molar-refractivity contribution in [3.63, 3.8) is 0 Å². The lowest BCUT2D eigenvalue weighted by molar-refractivity contribution is -0.384. The van der Waals surface area contributed by atoms with E-state index in [-0.39, 0.29) is 16.8 Å². The second-order valence-electron chi connectivity index (χ2n) is 6.92. The van der Waals surface area contributed by atoms with Crippen molar-refractivity contribution < 1.29 is 4.92 Å². The quantitative estimate of drug-likeness (QED) is 0.301. The Morgan fingerprint density at radius 3 is 2.57 bits per heavy atom. The molecule has 1 aliphatic heterocycles. The van der Waals surface area contributed by atoms with E-state index >= 15 is 0 Å². The number of imidazole rings is 1. The average molecular weight is 437 g/mol. The molecule has 1 atom stereocenters. The van der Waals surface area contributed by atoms with Crippen LogP contribution in [-0.4, -0.2) is 14.5 Å². The zero-order valence-electron chi connectivity index (χ0n) is 15.4. The van der Waals surface area contributed by atoms with Gasteiger partial charge in [0, 0.05) is 16.8 Å². The van der Waals surface area contributed by atoms with E-state index in [1.807, 2.05) is 59.2 Å². The van der Waals surface area contributed by atoms with Crippen LogP contribution in [0.1, 0.15) is 17.2 Å². The first-order valence-electron chi connectivity index (χ1n) is 9.17. The molecule has 0 saturated carbocycles. The van der Waals surface area contributed by atoms with Crippen LogP contribution in [0.3, 0.4) is 0 Å². The Morgan fingerprint density at radius 1 is 1.03 bits per heavy atom. The van der Waals surface area contributed by atoms with Gasteiger partial charge in [0.2, 0.25) is 5.95 Å². The monoisotopic (exact) mass is 436 g/mol. The molecule has 1 aromatic heterocycles. The predicted octanol–water partition coefficient (Wildman–Crippen LogP) is 6.31. The fourth-order valence-electron chi connectivity index (χ4n) is 3.71. The number of nitrogens with zero attached hydrogens (tertiary/aromatic N) is 3. The normalized spacial score (nSPS) is 15.4. The number of anilines is 1. The van der Waals surface area contributed by atoms with Gasteiger partial charge in [-0.05, 0) is 47.5 Å². The summed E-state index contributed by atoms with van der Waals surface area (Å²) in [6, 6.07) is 19.8. The Kier molecular flexibility index (Phi) is 4.46. The molecule has 0 fully saturated rings. The molecule has 0 unspecified atom stereocenters. The molecule has 0 amide bonds. The van der Waals surface area contributed by atoms with E-state index in [4.69, 9.17) is 28.2 Å². The molecule has 0 spiro atoms. The molecule has 0 aliphatic carbocycles. The van der Waals surface area contributed by atoms with Crippen LogP contribution >= 0.6 is 23.2 Å². The van der Waals surface area contributed by atoms with Crippen molar-refractivity contribution in [1.82, 2.24) is 9.55 Å². The largest absolute Gasteiger partial charge is 0.325 e. The molecule has 0 radical (unpaired) electrons. The van der Waals surface area contributed by atoms with Crippen molar-refractivity contribution in [2.75, 3.05) is 5.32 Å². The van der Waals surface area contributed by atoms with Gasteiger partial charge in [-0.2, -0.15) is 0 Å². The Morgan fingerprint density at radius 2 is 1.80 bits per heavy atom. The third-order valence-electron chi connectivity index (χ3n) is 5.11. The van der Waals surface area contributed by atoms with E-state index in [9.17, 15) is 10.1 Å². The number of halogens is 2. The SMILES string of the molecule is O=[N+]([O-])c1cc([C@@H]2C=C(c3ccc(Cl)cc3)Nc3nc4ccccc4n32)ccc1Cl. The molecular weight excluding hydrogens is 423 g/mol. The van der Waals surface area contributed by atoms with Gasteiger partial charge >= 0.3 is 0 Å². The highest BCUT2D eigenvalue weighted by atomic mass is 35.5. The lowest BCUT2D eigenvalue weighted by Crippen LogP contribution is -2.19. The topological polar surface area (TPSA) is 73.0 Å². The molecule has 3 aromatic carbocycles. The molecule has 2 heterocycles. The van der Waals surface area contributed by atoms with E-state index < -0.39 is 4.92 Å². The highest BCUT2D eigenvalue weighted by Crippen LogP contribution is 2.38. The van der Waals surface area contributed by atoms with Gasteiger partial charge < -0.3 is 5.32 Å². The lowest BCUT2D eigenvalue weighted by atomic mass is 10.0. The van der Waals surface area contributed by atoms with Crippen LogP contribution in [0.2, 0.25) is 10.0 Å². The van der Waals surface area contributed by atoms with Crippen molar-refractivity contribution in [3.05, 3.63) is 104 Å². The van der Waals surface area contributed by atoms with Crippen molar-refractivity contribution in [1.29, 1.82) is 0 Å². The number of fused-ring (bicyclic) bond motifs is 3. The number of nitro benzene ring substituents is 1. The number of hydrogen-bond acceptors (Lipinski definition) is 4. The van der Waals surface area contributed by atoms with Crippen LogP contribution in [0, 0.1) is 10.1 Å². The standard InChI is InChI=1S/C22H14Cl2N4O2/c23-15-8-5-13(6-9-15)18-12-20(14-7-10-16(24)21(11-14)28(29)30)27-19-4-2-1-3-17(19)25-22(27)26-18/h1-12,20H,(H,25,26)/t20-/m0/s1. The van der Waals surface area contributed by atoms with Crippen LogP contribution in [0.4, 0.5) is 11.6 Å². The van der Waals surface area contributed by atoms with Crippen molar-refractivity contribution in [2.45, 2.75) is 6.04 Å². The third kappa shape index (κ3) is 3.10. The summed E-state index contributed by atoms with van der Waals surface area (Å²) in [5, 5.41) is 15.6. The second kappa shape index (κ2) is 7.16. The maximum absolute atomic E-state index is 11.4. The highest BCUT2D eigenvalue weighted by Gasteiger charge is 2.27. The minimum Gasteiger partial charge on any atom is -0.325 e. The number of allylic oxidation sites excluding steroid dienone is 1. The summed E-state index contributed by atoms with van der Waals surface area (Å²) in [5.41, 5.74) is 4.15. The molecule has 0 bridgehead atoms. The number of para-hydroxylation sites is 2. The first-order valence-corrected chi connectivity index (χ1v) is 9.92. The summed E-state index contributed by atoms with van der Waals surface area (Å²) in [6.07, 6.45) is 2.03. The predicted molar refractivity (Wildman–Crippen MR) is 119 cm³/mol. The lowest BCUT2D eigenvalue weighted by Gasteiger charge is -2.26. The van der Waals surface area contributed by atoms with Gasteiger partial charge in [0.1, 0.15) is 5.02 Å². The van der Waals surface area contributed by atoms with E-state index in [1.54, 1.807) is 12.1 Å². The molecule has 0 saturated heterocycles. The van der Waals surface area contributed by atoms with Gasteiger partial charge in [-0.3, -0.25) is 14.7 Å². The van der Waals surface area contributed by atoms with Crippen molar-refractivity contribution in [2.24, 2.45) is 0 Å². The van der Waals surface area contributed by atoms with Crippen LogP contribution in [0.15, 0.2) is 72.8 Å². The highest BCUT2D eigenvalue weighted by molar-refractivity contribution is 6.32. The van der Waals surface area contributed by atoms with Gasteiger partial charge in [-0.1, -0.05) is 53.5 Å². The van der Waals surface area contributed by atoms with Crippen LogP contribution < -0.4 is 5.32 Å². The maximum atomic E-state index is 11.4. The Labute approximate surface area is 181 Å². The maximum Gasteiger partial charge on any atom is 0.288 e. The Hall–Kier alpha value is -3.35. The summed E-state index contributed by atoms with van der Waals surface area (Å²) in [5.74, 6) is 0.659. The Bertz CT molecular complexity index is 1330. The number of nitrogens with one attached hydrogen (secondary N) is 1. The molecule has 8 heteroatoms. The van der Waals surface area contributed by atoms with Gasteiger partial charge in [0.25, 0.3) is 5.69 Å². The van der Waals surface area contributed by atoms with Crippen molar-refractivity contribution in [3.8, 4) is 0 Å². The van der Waals surface area contributed by atoms with Gasteiger partial charge in [0.15, 0.2) is 0 Å². The number of aromatic nitrogens is 2. The summed E-state index contributed by atoms with van der Waals surface area (Å²) in [7, 11) is 0. The molecule has 6 nitrogen and oxygen atoms in total. The molecule has 1 aliphatic rings. The molecule has 4 aromatic rings. The number of rotatable bonds is 3. The minimum atomic E-state index is -0.469. The first-order chi connectivity index (χ1) is 14.5. The minimum absolute atomic E-state index is 0.107. The van der Waals surface area contributed by atoms with Gasteiger partial charge in [-0.25, -0.2) is 4.98 Å². The number of benzene rings is 3. The summed E-state index contributed by atoms with van der Waals surface area (Å²) in [6.45, 7) is 0. The van der Waals surface area contributed by atoms with E-state index in [2.05, 4.69) is 5.32 Å². The molecule has 30 heavy (non-hydrogen) atoms. The van der Waals surface area contributed by atoms with Crippen LogP contribution in [0.5, 0.6) is 0 Å². The number of hydrogen-bond donors (Lipinski definition) is 1. The molecule has 148 valence electrons. The molecular formula is C22H14Cl2N4O2. The van der Waals surface area contributed by atoms with Crippen LogP contribution in [0.25, 0.3) is 16.7 Å². The summed E-state index contributed by atoms with van der Waals surface area (Å²) < 4.78 is 2.03. The zero-order valence-corrected chi connectivity index (χ0v) is 16.9. The van der Waals surface area contributed by atoms with E-state index in [0.717, 1.165) is 27.9 Å². The second-order valence-corrected chi connectivity index (χ2v) is 7.76. The third-order valence-corrected chi connectivity index (χ3v) is 5.68. The zero-order chi connectivity index (χ0) is 20.8. The fourth-order valence-corrected chi connectivity index (χ4v) is 4.02. The van der Waals surface area contributed by atoms with Gasteiger partial charge in [-0.15, -0.1) is 0 Å². The number of nitro groups is 1. The Balaban J connectivity index is 1.73. The van der Waals surface area contributed by atoms with E-state index in [1.165, 1.54) is 6.07 Å². The molecule has 1 N–H and O–H groups in total. The first kappa shape index (κ1) is 18.7. The fraction of sp³-hybridized carbons (Fsp3) is 0.0455. The van der Waals surface area contributed by atoms with Crippen LogP contribution in [-0.2, 0) is 0 Å². The summed E-state index contributed by atoms with van der Waals surface area (Å²) in [4.78, 5) is 15.7. The van der Waals surface area contributed by atoms with E-state index in [0.29, 0.717) is 11.0 Å². The van der Waals surface area contributed by atoms with Crippen molar-refractivity contribution >= 4 is 51.6 Å². The van der Waals surface area contributed by atoms with Gasteiger partial charge in [0.05, 0.1) is 22.0 Å². The average Bonchev–Trinajstić information content (AvgIpc) is 3.12. The smallest absolute Gasteiger partial charge is 0.288 e.